The Balaban J connectivity index is 2.39. The summed E-state index contributed by atoms with van der Waals surface area (Å²) in [5.41, 5.74) is 7.58. The van der Waals surface area contributed by atoms with Crippen LogP contribution in [0.5, 0.6) is 0 Å². The molecule has 1 amide bonds. The lowest BCUT2D eigenvalue weighted by Crippen LogP contribution is -2.27. The van der Waals surface area contributed by atoms with E-state index in [4.69, 9.17) is 10.6 Å². The maximum absolute atomic E-state index is 10.4. The van der Waals surface area contributed by atoms with Gasteiger partial charge in [-0.25, -0.2) is 4.98 Å². The molecule has 0 aliphatic rings. The number of amides is 1. The van der Waals surface area contributed by atoms with Crippen LogP contribution in [-0.4, -0.2) is 22.1 Å². The minimum atomic E-state index is -0.510. The maximum Gasteiger partial charge on any atom is 0.245 e. The molecule has 0 fully saturated rings. The van der Waals surface area contributed by atoms with E-state index in [0.717, 1.165) is 5.82 Å². The number of aryl methyl sites for hydroxylation is 1. The van der Waals surface area contributed by atoms with Crippen molar-refractivity contribution in [3.05, 3.63) is 18.2 Å². The van der Waals surface area contributed by atoms with Gasteiger partial charge in [0, 0.05) is 19.4 Å². The van der Waals surface area contributed by atoms with Gasteiger partial charge < -0.3 is 10.3 Å². The van der Waals surface area contributed by atoms with E-state index in [1.54, 1.807) is 6.20 Å². The third kappa shape index (κ3) is 2.82. The third-order valence-corrected chi connectivity index (χ3v) is 1.72. The molecule has 1 aromatic heterocycles. The van der Waals surface area contributed by atoms with Gasteiger partial charge in [0.2, 0.25) is 5.91 Å². The molecule has 1 heterocycles. The van der Waals surface area contributed by atoms with Crippen molar-refractivity contribution >= 4 is 5.91 Å². The zero-order valence-corrected chi connectivity index (χ0v) is 8.23. The minimum Gasteiger partial charge on any atom is -0.368 e. The zero-order valence-electron chi connectivity index (χ0n) is 8.23. The van der Waals surface area contributed by atoms with Gasteiger partial charge in [-0.1, -0.05) is 0 Å². The Hall–Kier alpha value is -1.40. The number of rotatable bonds is 5. The number of carbonyl (C=O) groups is 1. The molecule has 0 aliphatic carbocycles. The topological polar surface area (TPSA) is 82.2 Å². The van der Waals surface area contributed by atoms with Gasteiger partial charge in [-0.05, 0) is 6.92 Å². The van der Waals surface area contributed by atoms with E-state index in [1.807, 2.05) is 24.7 Å². The van der Waals surface area contributed by atoms with Crippen molar-refractivity contribution in [2.75, 3.05) is 6.61 Å². The molecule has 0 saturated heterocycles. The van der Waals surface area contributed by atoms with E-state index < -0.39 is 5.91 Å². The molecule has 6 heteroatoms. The summed E-state index contributed by atoms with van der Waals surface area (Å²) < 4.78 is 1.87. The average Bonchev–Trinajstić information content (AvgIpc) is 2.50. The minimum absolute atomic E-state index is 0.0886. The summed E-state index contributed by atoms with van der Waals surface area (Å²) in [7, 11) is 1.88. The lowest BCUT2D eigenvalue weighted by atomic mass is 10.3. The number of imidazole rings is 1. The number of hydroxylamine groups is 1. The van der Waals surface area contributed by atoms with Gasteiger partial charge in [0.15, 0.2) is 0 Å². The summed E-state index contributed by atoms with van der Waals surface area (Å²) in [5, 5.41) is 0. The molecule has 0 spiro atoms. The van der Waals surface area contributed by atoms with Crippen molar-refractivity contribution in [2.45, 2.75) is 13.0 Å². The first kappa shape index (κ1) is 10.7. The van der Waals surface area contributed by atoms with E-state index in [1.165, 1.54) is 0 Å². The fourth-order valence-electron chi connectivity index (χ4n) is 1.08. The number of nitrogens with zero attached hydrogens (tertiary/aromatic N) is 2. The highest BCUT2D eigenvalue weighted by Gasteiger charge is 2.09. The summed E-state index contributed by atoms with van der Waals surface area (Å²) in [5.74, 6) is 0.319. The molecule has 0 bridgehead atoms. The highest BCUT2D eigenvalue weighted by Crippen LogP contribution is 2.07. The molecule has 78 valence electrons. The fraction of sp³-hybridized carbons (Fsp3) is 0.500. The highest BCUT2D eigenvalue weighted by atomic mass is 16.6. The Morgan fingerprint density at radius 2 is 2.57 bits per heavy atom. The summed E-state index contributed by atoms with van der Waals surface area (Å²) in [6.07, 6.45) is 3.53. The Kier molecular flexibility index (Phi) is 3.61. The quantitative estimate of drug-likeness (QED) is 0.624. The van der Waals surface area contributed by atoms with E-state index >= 15 is 0 Å². The maximum atomic E-state index is 10.4. The van der Waals surface area contributed by atoms with E-state index in [0.29, 0.717) is 0 Å². The van der Waals surface area contributed by atoms with E-state index in [2.05, 4.69) is 10.5 Å². The van der Waals surface area contributed by atoms with Gasteiger partial charge in [0.05, 0.1) is 6.04 Å². The second-order valence-electron chi connectivity index (χ2n) is 2.99. The van der Waals surface area contributed by atoms with Crippen molar-refractivity contribution in [3.8, 4) is 0 Å². The first-order valence-corrected chi connectivity index (χ1v) is 4.24. The Bertz CT molecular complexity index is 310. The van der Waals surface area contributed by atoms with Crippen LogP contribution >= 0.6 is 0 Å². The van der Waals surface area contributed by atoms with Gasteiger partial charge in [0.1, 0.15) is 12.4 Å². The number of hydrogen-bond donors (Lipinski definition) is 2. The van der Waals surface area contributed by atoms with Gasteiger partial charge in [-0.3, -0.25) is 9.63 Å². The van der Waals surface area contributed by atoms with Crippen LogP contribution in [0.2, 0.25) is 0 Å². The van der Waals surface area contributed by atoms with Gasteiger partial charge in [-0.15, -0.1) is 0 Å². The van der Waals surface area contributed by atoms with Crippen molar-refractivity contribution in [2.24, 2.45) is 12.8 Å². The van der Waals surface area contributed by atoms with Gasteiger partial charge in [0.25, 0.3) is 0 Å². The number of nitrogens with one attached hydrogen (secondary N) is 1. The normalized spacial score (nSPS) is 12.7. The molecule has 1 aromatic rings. The van der Waals surface area contributed by atoms with Crippen LogP contribution in [0.3, 0.4) is 0 Å². The molecule has 0 aliphatic heterocycles. The van der Waals surface area contributed by atoms with Crippen LogP contribution in [0.4, 0.5) is 0 Å². The zero-order chi connectivity index (χ0) is 10.6. The summed E-state index contributed by atoms with van der Waals surface area (Å²) >= 11 is 0. The predicted octanol–water partition coefficient (Wildman–Crippen LogP) is -0.512. The fourth-order valence-corrected chi connectivity index (χ4v) is 1.08. The molecule has 1 unspecified atom stereocenters. The lowest BCUT2D eigenvalue weighted by molar-refractivity contribution is -0.126. The number of primary amides is 1. The molecule has 1 atom stereocenters. The molecule has 0 aromatic carbocycles. The van der Waals surface area contributed by atoms with Crippen LogP contribution < -0.4 is 11.2 Å². The van der Waals surface area contributed by atoms with Crippen molar-refractivity contribution in [1.82, 2.24) is 15.0 Å². The van der Waals surface area contributed by atoms with E-state index in [-0.39, 0.29) is 12.6 Å². The first-order chi connectivity index (χ1) is 6.61. The number of hydrogen-bond acceptors (Lipinski definition) is 4. The van der Waals surface area contributed by atoms with Crippen LogP contribution in [0.25, 0.3) is 0 Å². The second-order valence-corrected chi connectivity index (χ2v) is 2.99. The van der Waals surface area contributed by atoms with Crippen molar-refractivity contribution in [3.63, 3.8) is 0 Å². The van der Waals surface area contributed by atoms with E-state index in [9.17, 15) is 4.79 Å². The molecule has 6 nitrogen and oxygen atoms in total. The summed E-state index contributed by atoms with van der Waals surface area (Å²) in [4.78, 5) is 19.3. The van der Waals surface area contributed by atoms with Crippen LogP contribution in [0.15, 0.2) is 12.4 Å². The Morgan fingerprint density at radius 3 is 3.07 bits per heavy atom. The third-order valence-electron chi connectivity index (χ3n) is 1.72. The summed E-state index contributed by atoms with van der Waals surface area (Å²) in [6, 6.07) is -0.0886. The van der Waals surface area contributed by atoms with Crippen LogP contribution in [0, 0.1) is 0 Å². The van der Waals surface area contributed by atoms with Gasteiger partial charge >= 0.3 is 0 Å². The highest BCUT2D eigenvalue weighted by molar-refractivity contribution is 5.74. The second kappa shape index (κ2) is 4.73. The number of aromatic nitrogens is 2. The van der Waals surface area contributed by atoms with Gasteiger partial charge in [-0.2, -0.15) is 5.48 Å². The average molecular weight is 198 g/mol. The molecular formula is C8H14N4O2. The predicted molar refractivity (Wildman–Crippen MR) is 49.9 cm³/mol. The molecule has 0 saturated carbocycles. The molecular weight excluding hydrogens is 184 g/mol. The number of carbonyl (C=O) groups excluding carboxylic acids is 1. The van der Waals surface area contributed by atoms with Crippen LogP contribution in [-0.2, 0) is 16.7 Å². The molecule has 14 heavy (non-hydrogen) atoms. The summed E-state index contributed by atoms with van der Waals surface area (Å²) in [6.45, 7) is 1.73. The monoisotopic (exact) mass is 198 g/mol. The largest absolute Gasteiger partial charge is 0.368 e. The Labute approximate surface area is 82.0 Å². The molecule has 3 N–H and O–H groups in total. The van der Waals surface area contributed by atoms with Crippen molar-refractivity contribution < 1.29 is 9.63 Å². The lowest BCUT2D eigenvalue weighted by Gasteiger charge is -2.12. The standard InChI is InChI=1S/C8H14N4O2/c1-6(11-14-5-7(9)13)8-10-3-4-12(8)2/h3-4,6,11H,5H2,1-2H3,(H2,9,13). The smallest absolute Gasteiger partial charge is 0.245 e. The number of nitrogens with two attached hydrogens (primary N) is 1. The first-order valence-electron chi connectivity index (χ1n) is 4.24. The SMILES string of the molecule is CC(NOCC(N)=O)c1nccn1C. The molecule has 1 rings (SSSR count). The van der Waals surface area contributed by atoms with Crippen LogP contribution in [0.1, 0.15) is 18.8 Å². The van der Waals surface area contributed by atoms with Crippen molar-refractivity contribution in [1.29, 1.82) is 0 Å². The molecule has 0 radical (unpaired) electrons. The Morgan fingerprint density at radius 1 is 1.86 bits per heavy atom.